The van der Waals surface area contributed by atoms with Crippen LogP contribution in [0.5, 0.6) is 5.75 Å². The predicted molar refractivity (Wildman–Crippen MR) is 93.0 cm³/mol. The van der Waals surface area contributed by atoms with Crippen LogP contribution in [0, 0.1) is 13.8 Å². The molecule has 0 bridgehead atoms. The second-order valence-electron chi connectivity index (χ2n) is 6.30. The summed E-state index contributed by atoms with van der Waals surface area (Å²) in [5.74, 6) is 1.08. The molecule has 3 nitrogen and oxygen atoms in total. The molecular weight excluding hydrogens is 274 g/mol. The van der Waals surface area contributed by atoms with E-state index in [1.807, 2.05) is 39.8 Å². The van der Waals surface area contributed by atoms with Crippen molar-refractivity contribution in [3.8, 4) is 5.75 Å². The van der Waals surface area contributed by atoms with E-state index >= 15 is 0 Å². The molecule has 0 saturated carbocycles. The van der Waals surface area contributed by atoms with Crippen LogP contribution >= 0.6 is 0 Å². The van der Waals surface area contributed by atoms with Crippen molar-refractivity contribution in [1.82, 2.24) is 4.90 Å². The minimum atomic E-state index is 0.143. The molecule has 3 heteroatoms. The van der Waals surface area contributed by atoms with Gasteiger partial charge in [0.15, 0.2) is 5.78 Å². The highest BCUT2D eigenvalue weighted by atomic mass is 16.5. The van der Waals surface area contributed by atoms with Crippen LogP contribution in [0.3, 0.4) is 0 Å². The summed E-state index contributed by atoms with van der Waals surface area (Å²) in [6, 6.07) is 3.97. The number of ketones is 1. The molecule has 0 aliphatic heterocycles. The minimum absolute atomic E-state index is 0.143. The second-order valence-corrected chi connectivity index (χ2v) is 6.30. The number of rotatable bonds is 9. The number of aryl methyl sites for hydroxylation is 2. The van der Waals surface area contributed by atoms with Gasteiger partial charge in [0.2, 0.25) is 0 Å². The SMILES string of the molecule is CCCN(CCC)CC(=O)c1cc(C)c(OC(C)C)cc1C. The molecule has 0 fully saturated rings. The van der Waals surface area contributed by atoms with Gasteiger partial charge >= 0.3 is 0 Å². The Kier molecular flexibility index (Phi) is 7.60. The van der Waals surface area contributed by atoms with Crippen molar-refractivity contribution in [3.63, 3.8) is 0 Å². The number of ether oxygens (including phenoxy) is 1. The molecule has 0 aromatic heterocycles. The fourth-order valence-corrected chi connectivity index (χ4v) is 2.66. The molecule has 124 valence electrons. The summed E-state index contributed by atoms with van der Waals surface area (Å²) in [4.78, 5) is 14.9. The largest absolute Gasteiger partial charge is 0.491 e. The summed E-state index contributed by atoms with van der Waals surface area (Å²) in [6.07, 6.45) is 2.29. The molecule has 0 heterocycles. The van der Waals surface area contributed by atoms with Crippen LogP contribution in [-0.4, -0.2) is 36.4 Å². The first kappa shape index (κ1) is 18.7. The Balaban J connectivity index is 2.91. The Labute approximate surface area is 135 Å². The Morgan fingerprint density at radius 1 is 1.09 bits per heavy atom. The van der Waals surface area contributed by atoms with Crippen molar-refractivity contribution in [2.75, 3.05) is 19.6 Å². The van der Waals surface area contributed by atoms with E-state index in [4.69, 9.17) is 4.74 Å². The van der Waals surface area contributed by atoms with Crippen molar-refractivity contribution >= 4 is 5.78 Å². The van der Waals surface area contributed by atoms with Gasteiger partial charge in [-0.1, -0.05) is 13.8 Å². The molecular formula is C19H31NO2. The molecule has 0 radical (unpaired) electrons. The normalized spacial score (nSPS) is 11.3. The summed E-state index contributed by atoms with van der Waals surface area (Å²) in [7, 11) is 0. The van der Waals surface area contributed by atoms with Gasteiger partial charge in [0.25, 0.3) is 0 Å². The highest BCUT2D eigenvalue weighted by molar-refractivity contribution is 5.99. The topological polar surface area (TPSA) is 29.5 Å². The number of carbonyl (C=O) groups is 1. The van der Waals surface area contributed by atoms with E-state index in [0.717, 1.165) is 48.4 Å². The minimum Gasteiger partial charge on any atom is -0.491 e. The lowest BCUT2D eigenvalue weighted by Crippen LogP contribution is -2.31. The van der Waals surface area contributed by atoms with Crippen molar-refractivity contribution in [2.24, 2.45) is 0 Å². The standard InChI is InChI=1S/C19H31NO2/c1-7-9-20(10-8-2)13-18(21)17-11-16(6)19(12-15(17)5)22-14(3)4/h11-12,14H,7-10,13H2,1-6H3. The third kappa shape index (κ3) is 5.45. The number of carbonyl (C=O) groups excluding carboxylic acids is 1. The molecule has 22 heavy (non-hydrogen) atoms. The molecule has 1 rings (SSSR count). The van der Waals surface area contributed by atoms with E-state index in [1.54, 1.807) is 0 Å². The molecule has 0 aliphatic carbocycles. The van der Waals surface area contributed by atoms with Crippen LogP contribution < -0.4 is 4.74 Å². The number of Topliss-reactive ketones (excluding diaryl/α,β-unsaturated/α-hetero) is 1. The lowest BCUT2D eigenvalue weighted by Gasteiger charge is -2.21. The number of nitrogens with zero attached hydrogens (tertiary/aromatic N) is 1. The monoisotopic (exact) mass is 305 g/mol. The zero-order chi connectivity index (χ0) is 16.7. The zero-order valence-corrected chi connectivity index (χ0v) is 15.0. The number of hydrogen-bond donors (Lipinski definition) is 0. The number of benzene rings is 1. The first-order valence-corrected chi connectivity index (χ1v) is 8.42. The van der Waals surface area contributed by atoms with Gasteiger partial charge in [-0.05, 0) is 76.9 Å². The van der Waals surface area contributed by atoms with Gasteiger partial charge in [0.1, 0.15) is 5.75 Å². The quantitative estimate of drug-likeness (QED) is 0.633. The molecule has 1 aromatic rings. The lowest BCUT2D eigenvalue weighted by molar-refractivity contribution is 0.0930. The summed E-state index contributed by atoms with van der Waals surface area (Å²) in [6.45, 7) is 14.8. The van der Waals surface area contributed by atoms with Crippen LogP contribution in [0.1, 0.15) is 62.0 Å². The van der Waals surface area contributed by atoms with Crippen molar-refractivity contribution in [3.05, 3.63) is 28.8 Å². The smallest absolute Gasteiger partial charge is 0.177 e. The van der Waals surface area contributed by atoms with Crippen LogP contribution in [0.2, 0.25) is 0 Å². The van der Waals surface area contributed by atoms with E-state index < -0.39 is 0 Å². The van der Waals surface area contributed by atoms with Crippen molar-refractivity contribution < 1.29 is 9.53 Å². The number of hydrogen-bond acceptors (Lipinski definition) is 3. The molecule has 0 spiro atoms. The van der Waals surface area contributed by atoms with E-state index in [-0.39, 0.29) is 11.9 Å². The first-order valence-electron chi connectivity index (χ1n) is 8.42. The molecule has 0 amide bonds. The summed E-state index contributed by atoms with van der Waals surface area (Å²) < 4.78 is 5.80. The average molecular weight is 305 g/mol. The molecule has 0 atom stereocenters. The van der Waals surface area contributed by atoms with E-state index in [2.05, 4.69) is 18.7 Å². The van der Waals surface area contributed by atoms with Crippen LogP contribution in [0.4, 0.5) is 0 Å². The van der Waals surface area contributed by atoms with Gasteiger partial charge in [-0.3, -0.25) is 9.69 Å². The predicted octanol–water partition coefficient (Wildman–Crippen LogP) is 4.40. The van der Waals surface area contributed by atoms with Crippen molar-refractivity contribution in [1.29, 1.82) is 0 Å². The highest BCUT2D eigenvalue weighted by Gasteiger charge is 2.16. The summed E-state index contributed by atoms with van der Waals surface area (Å²) >= 11 is 0. The summed E-state index contributed by atoms with van der Waals surface area (Å²) in [5, 5.41) is 0. The van der Waals surface area contributed by atoms with E-state index in [0.29, 0.717) is 6.54 Å². The molecule has 1 aromatic carbocycles. The fourth-order valence-electron chi connectivity index (χ4n) is 2.66. The van der Waals surface area contributed by atoms with E-state index in [9.17, 15) is 4.79 Å². The molecule has 0 N–H and O–H groups in total. The Bertz CT molecular complexity index is 488. The van der Waals surface area contributed by atoms with E-state index in [1.165, 1.54) is 0 Å². The zero-order valence-electron chi connectivity index (χ0n) is 15.0. The third-order valence-corrected chi connectivity index (χ3v) is 3.63. The Morgan fingerprint density at radius 2 is 1.68 bits per heavy atom. The van der Waals surface area contributed by atoms with Crippen molar-refractivity contribution in [2.45, 2.75) is 60.5 Å². The van der Waals surface area contributed by atoms with Gasteiger partial charge in [0, 0.05) is 5.56 Å². The maximum Gasteiger partial charge on any atom is 0.177 e. The Hall–Kier alpha value is -1.35. The maximum atomic E-state index is 12.6. The lowest BCUT2D eigenvalue weighted by atomic mass is 10.0. The van der Waals surface area contributed by atoms with Gasteiger partial charge in [-0.2, -0.15) is 0 Å². The fraction of sp³-hybridized carbons (Fsp3) is 0.632. The molecule has 0 unspecified atom stereocenters. The van der Waals surface area contributed by atoms with Gasteiger partial charge in [-0.15, -0.1) is 0 Å². The second kappa shape index (κ2) is 8.94. The highest BCUT2D eigenvalue weighted by Crippen LogP contribution is 2.24. The molecule has 0 saturated heterocycles. The van der Waals surface area contributed by atoms with Crippen LogP contribution in [-0.2, 0) is 0 Å². The average Bonchev–Trinajstić information content (AvgIpc) is 2.42. The van der Waals surface area contributed by atoms with Crippen LogP contribution in [0.25, 0.3) is 0 Å². The first-order chi connectivity index (χ1) is 10.4. The van der Waals surface area contributed by atoms with Gasteiger partial charge in [0.05, 0.1) is 12.6 Å². The van der Waals surface area contributed by atoms with Gasteiger partial charge < -0.3 is 4.74 Å². The third-order valence-electron chi connectivity index (χ3n) is 3.63. The maximum absolute atomic E-state index is 12.6. The van der Waals surface area contributed by atoms with Gasteiger partial charge in [-0.25, -0.2) is 0 Å². The Morgan fingerprint density at radius 3 is 2.18 bits per heavy atom. The van der Waals surface area contributed by atoms with Crippen LogP contribution in [0.15, 0.2) is 12.1 Å². The summed E-state index contributed by atoms with van der Waals surface area (Å²) in [5.41, 5.74) is 2.85. The molecule has 0 aliphatic rings.